The van der Waals surface area contributed by atoms with Gasteiger partial charge in [-0.1, -0.05) is 18.2 Å². The molecule has 3 rings (SSSR count). The minimum Gasteiger partial charge on any atom is -0.493 e. The van der Waals surface area contributed by atoms with Gasteiger partial charge in [0.1, 0.15) is 0 Å². The van der Waals surface area contributed by atoms with Crippen LogP contribution in [0.5, 0.6) is 17.2 Å². The first-order valence-electron chi connectivity index (χ1n) is 7.10. The molecule has 0 aliphatic heterocycles. The Bertz CT molecular complexity index is 889. The highest BCUT2D eigenvalue weighted by Crippen LogP contribution is 2.39. The van der Waals surface area contributed by atoms with Crippen molar-refractivity contribution in [2.45, 2.75) is 0 Å². The average Bonchev–Trinajstić information content (AvgIpc) is 2.61. The van der Waals surface area contributed by atoms with Crippen molar-refractivity contribution in [1.29, 1.82) is 0 Å². The van der Waals surface area contributed by atoms with Crippen molar-refractivity contribution in [3.05, 3.63) is 59.0 Å². The molecule has 0 saturated heterocycles. The standard InChI is InChI=1S/C18H17NO4/c1-21-15-10-13(11-16(22-2)17(15)23-3)19-9-8-12-6-4-5-7-14(12)18(19)20/h4-11H,1-3H3. The van der Waals surface area contributed by atoms with Crippen molar-refractivity contribution >= 4 is 10.8 Å². The summed E-state index contributed by atoms with van der Waals surface area (Å²) < 4.78 is 17.6. The summed E-state index contributed by atoms with van der Waals surface area (Å²) in [6.45, 7) is 0. The van der Waals surface area contributed by atoms with Crippen molar-refractivity contribution in [3.63, 3.8) is 0 Å². The van der Waals surface area contributed by atoms with Gasteiger partial charge in [-0.25, -0.2) is 0 Å². The minimum absolute atomic E-state index is 0.0997. The first-order chi connectivity index (χ1) is 11.2. The minimum atomic E-state index is -0.0997. The first kappa shape index (κ1) is 15.0. The maximum absolute atomic E-state index is 12.7. The number of benzene rings is 2. The fraction of sp³-hybridized carbons (Fsp3) is 0.167. The summed E-state index contributed by atoms with van der Waals surface area (Å²) in [7, 11) is 4.64. The van der Waals surface area contributed by atoms with E-state index in [0.717, 1.165) is 5.39 Å². The molecular formula is C18H17NO4. The van der Waals surface area contributed by atoms with Crippen LogP contribution in [0.3, 0.4) is 0 Å². The SMILES string of the molecule is COc1cc(-n2ccc3ccccc3c2=O)cc(OC)c1OC. The van der Waals surface area contributed by atoms with E-state index >= 15 is 0 Å². The van der Waals surface area contributed by atoms with Gasteiger partial charge in [-0.05, 0) is 17.5 Å². The van der Waals surface area contributed by atoms with Gasteiger partial charge in [0, 0.05) is 23.7 Å². The van der Waals surface area contributed by atoms with Crippen molar-refractivity contribution in [2.75, 3.05) is 21.3 Å². The Morgan fingerprint density at radius 1 is 0.870 bits per heavy atom. The van der Waals surface area contributed by atoms with Crippen LogP contribution in [-0.4, -0.2) is 25.9 Å². The Morgan fingerprint density at radius 3 is 2.13 bits per heavy atom. The summed E-state index contributed by atoms with van der Waals surface area (Å²) in [5.41, 5.74) is 0.549. The van der Waals surface area contributed by atoms with Gasteiger partial charge in [0.05, 0.1) is 27.0 Å². The molecule has 0 spiro atoms. The van der Waals surface area contributed by atoms with Crippen molar-refractivity contribution < 1.29 is 14.2 Å². The number of pyridine rings is 1. The second-order valence-electron chi connectivity index (χ2n) is 4.96. The lowest BCUT2D eigenvalue weighted by Gasteiger charge is -2.15. The highest BCUT2D eigenvalue weighted by Gasteiger charge is 2.15. The predicted octanol–water partition coefficient (Wildman–Crippen LogP) is 3.02. The zero-order chi connectivity index (χ0) is 16.4. The first-order valence-corrected chi connectivity index (χ1v) is 7.10. The molecule has 118 valence electrons. The predicted molar refractivity (Wildman–Crippen MR) is 89.2 cm³/mol. The van der Waals surface area contributed by atoms with Gasteiger partial charge >= 0.3 is 0 Å². The molecule has 0 N–H and O–H groups in total. The van der Waals surface area contributed by atoms with Crippen molar-refractivity contribution in [2.24, 2.45) is 0 Å². The van der Waals surface area contributed by atoms with E-state index in [0.29, 0.717) is 28.3 Å². The quantitative estimate of drug-likeness (QED) is 0.743. The van der Waals surface area contributed by atoms with Gasteiger partial charge < -0.3 is 14.2 Å². The Kier molecular flexibility index (Phi) is 3.93. The average molecular weight is 311 g/mol. The zero-order valence-corrected chi connectivity index (χ0v) is 13.2. The third-order valence-corrected chi connectivity index (χ3v) is 3.74. The van der Waals surface area contributed by atoms with E-state index in [-0.39, 0.29) is 5.56 Å². The Balaban J connectivity index is 2.27. The van der Waals surface area contributed by atoms with Crippen molar-refractivity contribution in [3.8, 4) is 22.9 Å². The monoisotopic (exact) mass is 311 g/mol. The van der Waals surface area contributed by atoms with Crippen molar-refractivity contribution in [1.82, 2.24) is 4.57 Å². The van der Waals surface area contributed by atoms with Gasteiger partial charge in [-0.15, -0.1) is 0 Å². The second-order valence-corrected chi connectivity index (χ2v) is 4.96. The van der Waals surface area contributed by atoms with E-state index < -0.39 is 0 Å². The Morgan fingerprint density at radius 2 is 1.52 bits per heavy atom. The molecule has 0 bridgehead atoms. The van der Waals surface area contributed by atoms with Crippen LogP contribution in [0.2, 0.25) is 0 Å². The molecule has 0 radical (unpaired) electrons. The van der Waals surface area contributed by atoms with Crippen LogP contribution in [0.25, 0.3) is 16.5 Å². The topological polar surface area (TPSA) is 49.7 Å². The van der Waals surface area contributed by atoms with E-state index in [1.54, 1.807) is 44.2 Å². The summed E-state index contributed by atoms with van der Waals surface area (Å²) in [5, 5.41) is 1.56. The number of hydrogen-bond donors (Lipinski definition) is 0. The van der Waals surface area contributed by atoms with E-state index in [1.807, 2.05) is 30.3 Å². The number of rotatable bonds is 4. The molecule has 5 heteroatoms. The fourth-order valence-corrected chi connectivity index (χ4v) is 2.60. The van der Waals surface area contributed by atoms with Crippen LogP contribution in [0, 0.1) is 0 Å². The fourth-order valence-electron chi connectivity index (χ4n) is 2.60. The summed E-state index contributed by atoms with van der Waals surface area (Å²) >= 11 is 0. The van der Waals surface area contributed by atoms with Crippen LogP contribution in [0.4, 0.5) is 0 Å². The largest absolute Gasteiger partial charge is 0.493 e. The van der Waals surface area contributed by atoms with Gasteiger partial charge in [0.2, 0.25) is 5.75 Å². The third-order valence-electron chi connectivity index (χ3n) is 3.74. The van der Waals surface area contributed by atoms with E-state index in [4.69, 9.17) is 14.2 Å². The van der Waals surface area contributed by atoms with Gasteiger partial charge in [-0.2, -0.15) is 0 Å². The third kappa shape index (κ3) is 2.50. The highest BCUT2D eigenvalue weighted by atomic mass is 16.5. The van der Waals surface area contributed by atoms with Crippen LogP contribution in [0.15, 0.2) is 53.5 Å². The Hall–Kier alpha value is -2.95. The van der Waals surface area contributed by atoms with Gasteiger partial charge in [0.15, 0.2) is 11.5 Å². The summed E-state index contributed by atoms with van der Waals surface area (Å²) in [4.78, 5) is 12.7. The zero-order valence-electron chi connectivity index (χ0n) is 13.2. The molecule has 5 nitrogen and oxygen atoms in total. The molecule has 0 amide bonds. The molecule has 1 heterocycles. The summed E-state index contributed by atoms with van der Waals surface area (Å²) in [5.74, 6) is 1.50. The number of methoxy groups -OCH3 is 3. The maximum atomic E-state index is 12.7. The van der Waals surface area contributed by atoms with Crippen LogP contribution < -0.4 is 19.8 Å². The number of hydrogen-bond acceptors (Lipinski definition) is 4. The molecule has 0 saturated carbocycles. The maximum Gasteiger partial charge on any atom is 0.262 e. The van der Waals surface area contributed by atoms with Gasteiger partial charge in [-0.3, -0.25) is 9.36 Å². The normalized spacial score (nSPS) is 10.6. The van der Waals surface area contributed by atoms with Crippen LogP contribution >= 0.6 is 0 Å². The van der Waals surface area contributed by atoms with Crippen LogP contribution in [0.1, 0.15) is 0 Å². The molecule has 0 aliphatic rings. The van der Waals surface area contributed by atoms with E-state index in [2.05, 4.69) is 0 Å². The number of aromatic nitrogens is 1. The number of nitrogens with zero attached hydrogens (tertiary/aromatic N) is 1. The number of ether oxygens (including phenoxy) is 3. The lowest BCUT2D eigenvalue weighted by Crippen LogP contribution is -2.17. The molecule has 2 aromatic carbocycles. The highest BCUT2D eigenvalue weighted by molar-refractivity contribution is 5.81. The van der Waals surface area contributed by atoms with Gasteiger partial charge in [0.25, 0.3) is 5.56 Å². The molecule has 0 unspecified atom stereocenters. The second kappa shape index (κ2) is 6.04. The molecule has 0 fully saturated rings. The van der Waals surface area contributed by atoms with E-state index in [1.165, 1.54) is 0 Å². The molecule has 0 aliphatic carbocycles. The molecule has 23 heavy (non-hydrogen) atoms. The van der Waals surface area contributed by atoms with E-state index in [9.17, 15) is 4.79 Å². The summed E-state index contributed by atoms with van der Waals surface area (Å²) in [6, 6.07) is 12.9. The molecular weight excluding hydrogens is 294 g/mol. The molecule has 3 aromatic rings. The molecule has 0 atom stereocenters. The Labute approximate surface area is 133 Å². The molecule has 1 aromatic heterocycles. The lowest BCUT2D eigenvalue weighted by atomic mass is 10.1. The smallest absolute Gasteiger partial charge is 0.262 e. The summed E-state index contributed by atoms with van der Waals surface area (Å²) in [6.07, 6.45) is 1.74. The van der Waals surface area contributed by atoms with Crippen LogP contribution in [-0.2, 0) is 0 Å². The lowest BCUT2D eigenvalue weighted by molar-refractivity contribution is 0.324. The number of fused-ring (bicyclic) bond motifs is 1.